The minimum Gasteiger partial charge on any atom is -0.322 e. The highest BCUT2D eigenvalue weighted by Gasteiger charge is 2.29. The summed E-state index contributed by atoms with van der Waals surface area (Å²) in [5.41, 5.74) is 2.02. The summed E-state index contributed by atoms with van der Waals surface area (Å²) in [6.45, 7) is 0. The predicted octanol–water partition coefficient (Wildman–Crippen LogP) is 4.98. The molecule has 2 saturated carbocycles. The lowest BCUT2D eigenvalue weighted by atomic mass is 9.97. The molecule has 0 saturated heterocycles. The Bertz CT molecular complexity index is 1150. The number of carbonyl (C=O) groups excluding carboxylic acids is 1. The number of amides is 1. The van der Waals surface area contributed by atoms with Crippen LogP contribution in [0.3, 0.4) is 0 Å². The van der Waals surface area contributed by atoms with Crippen molar-refractivity contribution in [1.29, 1.82) is 0 Å². The van der Waals surface area contributed by atoms with Crippen LogP contribution in [0.5, 0.6) is 0 Å². The highest BCUT2D eigenvalue weighted by atomic mass is 32.2. The van der Waals surface area contributed by atoms with Crippen molar-refractivity contribution in [3.63, 3.8) is 0 Å². The van der Waals surface area contributed by atoms with Crippen molar-refractivity contribution in [2.24, 2.45) is 0 Å². The predicted molar refractivity (Wildman–Crippen MR) is 119 cm³/mol. The molecule has 2 aliphatic rings. The smallest absolute Gasteiger partial charge is 0.270 e. The zero-order valence-electron chi connectivity index (χ0n) is 17.3. The Hall–Kier alpha value is -3.27. The van der Waals surface area contributed by atoms with Crippen molar-refractivity contribution in [1.82, 2.24) is 20.2 Å². The van der Waals surface area contributed by atoms with Gasteiger partial charge in [-0.25, -0.2) is 4.68 Å². The third kappa shape index (κ3) is 4.36. The minimum atomic E-state index is -0.504. The maximum absolute atomic E-state index is 13.1. The van der Waals surface area contributed by atoms with Gasteiger partial charge in [-0.1, -0.05) is 25.0 Å². The van der Waals surface area contributed by atoms with Gasteiger partial charge in [0.2, 0.25) is 5.16 Å². The fraction of sp³-hybridized carbons (Fsp3) is 0.364. The number of anilines is 1. The second-order valence-corrected chi connectivity index (χ2v) is 9.24. The molecule has 0 spiro atoms. The van der Waals surface area contributed by atoms with Crippen LogP contribution in [-0.4, -0.2) is 31.0 Å². The molecule has 0 unspecified atom stereocenters. The largest absolute Gasteiger partial charge is 0.322 e. The molecule has 5 rings (SSSR count). The minimum absolute atomic E-state index is 0.141. The summed E-state index contributed by atoms with van der Waals surface area (Å²) < 4.78 is 1.75. The Morgan fingerprint density at radius 2 is 1.84 bits per heavy atom. The third-order valence-electron chi connectivity index (χ3n) is 5.97. The summed E-state index contributed by atoms with van der Waals surface area (Å²) in [4.78, 5) is 24.5. The van der Waals surface area contributed by atoms with Crippen LogP contribution in [0.2, 0.25) is 0 Å². The highest BCUT2D eigenvalue weighted by molar-refractivity contribution is 7.99. The molecule has 0 bridgehead atoms. The van der Waals surface area contributed by atoms with E-state index in [1.807, 2.05) is 12.1 Å². The van der Waals surface area contributed by atoms with E-state index < -0.39 is 10.8 Å². The third-order valence-corrected chi connectivity index (χ3v) is 7.00. The molecule has 9 nitrogen and oxygen atoms in total. The number of aromatic nitrogens is 4. The highest BCUT2D eigenvalue weighted by Crippen LogP contribution is 2.39. The SMILES string of the molecule is O=C(Nc1ccc(C2CCCC2)cc1)c1cc([N+](=O)[O-])ccc1Sc1nnnn1C1CC1. The Labute approximate surface area is 188 Å². The fourth-order valence-electron chi connectivity index (χ4n) is 4.09. The van der Waals surface area contributed by atoms with Gasteiger partial charge in [-0.3, -0.25) is 14.9 Å². The topological polar surface area (TPSA) is 116 Å². The maximum atomic E-state index is 13.1. The second-order valence-electron chi connectivity index (χ2n) is 8.23. The first kappa shape index (κ1) is 20.6. The Kier molecular flexibility index (Phi) is 5.60. The first-order chi connectivity index (χ1) is 15.6. The van der Waals surface area contributed by atoms with Gasteiger partial charge in [0.15, 0.2) is 0 Å². The number of nitrogens with one attached hydrogen (secondary N) is 1. The molecule has 32 heavy (non-hydrogen) atoms. The number of nitrogens with zero attached hydrogens (tertiary/aromatic N) is 5. The number of non-ortho nitro benzene ring substituents is 1. The van der Waals surface area contributed by atoms with Crippen LogP contribution >= 0.6 is 11.8 Å². The van der Waals surface area contributed by atoms with E-state index in [0.29, 0.717) is 21.7 Å². The summed E-state index contributed by atoms with van der Waals surface area (Å²) in [7, 11) is 0. The monoisotopic (exact) mass is 450 g/mol. The van der Waals surface area contributed by atoms with Gasteiger partial charge >= 0.3 is 0 Å². The molecule has 10 heteroatoms. The van der Waals surface area contributed by atoms with Crippen molar-refractivity contribution in [3.05, 3.63) is 63.7 Å². The fourth-order valence-corrected chi connectivity index (χ4v) is 5.04. The first-order valence-electron chi connectivity index (χ1n) is 10.7. The van der Waals surface area contributed by atoms with Crippen molar-refractivity contribution in [3.8, 4) is 0 Å². The van der Waals surface area contributed by atoms with Crippen LogP contribution in [0.4, 0.5) is 11.4 Å². The zero-order valence-corrected chi connectivity index (χ0v) is 18.1. The lowest BCUT2D eigenvalue weighted by Crippen LogP contribution is -2.13. The summed E-state index contributed by atoms with van der Waals surface area (Å²) in [5, 5.41) is 26.6. The van der Waals surface area contributed by atoms with E-state index in [1.165, 1.54) is 55.1 Å². The number of hydrogen-bond acceptors (Lipinski definition) is 7. The molecule has 0 radical (unpaired) electrons. The van der Waals surface area contributed by atoms with Crippen LogP contribution in [0.1, 0.15) is 66.4 Å². The van der Waals surface area contributed by atoms with Gasteiger partial charge in [-0.2, -0.15) is 0 Å². The van der Waals surface area contributed by atoms with Crippen LogP contribution < -0.4 is 5.32 Å². The Morgan fingerprint density at radius 3 is 2.53 bits per heavy atom. The number of carbonyl (C=O) groups is 1. The summed E-state index contributed by atoms with van der Waals surface area (Å²) in [6.07, 6.45) is 6.98. The van der Waals surface area contributed by atoms with E-state index in [2.05, 4.69) is 33.0 Å². The normalized spacial score (nSPS) is 16.2. The standard InChI is InChI=1S/C22H22N6O3S/c29-21(23-16-7-5-15(6-8-16)14-3-1-2-4-14)19-13-18(28(30)31)11-12-20(19)32-22-24-25-26-27(22)17-9-10-17/h5-8,11-14,17H,1-4,9-10H2,(H,23,29). The number of nitro benzene ring substituents is 1. The van der Waals surface area contributed by atoms with Crippen molar-refractivity contribution in [2.45, 2.75) is 60.5 Å². The summed E-state index contributed by atoms with van der Waals surface area (Å²) in [6, 6.07) is 12.4. The molecule has 1 N–H and O–H groups in total. The average Bonchev–Trinajstić information content (AvgIpc) is 3.29. The molecule has 1 aromatic heterocycles. The molecule has 3 aromatic rings. The van der Waals surface area contributed by atoms with Gasteiger partial charge in [-0.05, 0) is 77.6 Å². The first-order valence-corrected chi connectivity index (χ1v) is 11.6. The molecule has 2 aromatic carbocycles. The maximum Gasteiger partial charge on any atom is 0.270 e. The van der Waals surface area contributed by atoms with E-state index in [9.17, 15) is 14.9 Å². The number of benzene rings is 2. The van der Waals surface area contributed by atoms with Gasteiger partial charge < -0.3 is 5.32 Å². The van der Waals surface area contributed by atoms with E-state index in [4.69, 9.17) is 0 Å². The molecular weight excluding hydrogens is 428 g/mol. The quantitative estimate of drug-likeness (QED) is 0.399. The van der Waals surface area contributed by atoms with E-state index in [1.54, 1.807) is 10.7 Å². The van der Waals surface area contributed by atoms with E-state index >= 15 is 0 Å². The molecule has 1 heterocycles. The van der Waals surface area contributed by atoms with E-state index in [-0.39, 0.29) is 17.3 Å². The summed E-state index contributed by atoms with van der Waals surface area (Å²) >= 11 is 1.24. The van der Waals surface area contributed by atoms with Gasteiger partial charge in [0.25, 0.3) is 11.6 Å². The van der Waals surface area contributed by atoms with E-state index in [0.717, 1.165) is 12.8 Å². The number of rotatable bonds is 7. The number of tetrazole rings is 1. The summed E-state index contributed by atoms with van der Waals surface area (Å²) in [5.74, 6) is 0.187. The lowest BCUT2D eigenvalue weighted by Gasteiger charge is -2.12. The van der Waals surface area contributed by atoms with Crippen LogP contribution in [0, 0.1) is 10.1 Å². The lowest BCUT2D eigenvalue weighted by molar-refractivity contribution is -0.384. The number of hydrogen-bond donors (Lipinski definition) is 1. The van der Waals surface area contributed by atoms with Crippen LogP contribution in [0.15, 0.2) is 52.5 Å². The van der Waals surface area contributed by atoms with Crippen LogP contribution in [0.25, 0.3) is 0 Å². The molecule has 0 aliphatic heterocycles. The van der Waals surface area contributed by atoms with Gasteiger partial charge in [0, 0.05) is 22.7 Å². The average molecular weight is 451 g/mol. The van der Waals surface area contributed by atoms with Gasteiger partial charge in [0.05, 0.1) is 16.5 Å². The van der Waals surface area contributed by atoms with Crippen LogP contribution in [-0.2, 0) is 0 Å². The van der Waals surface area contributed by atoms with Crippen molar-refractivity contribution >= 4 is 29.0 Å². The molecular formula is C22H22N6O3S. The molecule has 164 valence electrons. The second kappa shape index (κ2) is 8.70. The van der Waals surface area contributed by atoms with Gasteiger partial charge in [-0.15, -0.1) is 5.10 Å². The zero-order chi connectivity index (χ0) is 22.1. The molecule has 0 atom stereocenters. The molecule has 2 fully saturated rings. The number of nitro groups is 1. The molecule has 2 aliphatic carbocycles. The molecule has 1 amide bonds. The van der Waals surface area contributed by atoms with Crippen molar-refractivity contribution < 1.29 is 9.72 Å². The van der Waals surface area contributed by atoms with Gasteiger partial charge in [0.1, 0.15) is 0 Å². The Morgan fingerprint density at radius 1 is 1.09 bits per heavy atom. The van der Waals surface area contributed by atoms with Crippen molar-refractivity contribution in [2.75, 3.05) is 5.32 Å². The Balaban J connectivity index is 1.39.